The van der Waals surface area contributed by atoms with Gasteiger partial charge in [0.15, 0.2) is 5.78 Å². The molecule has 0 amide bonds. The highest BCUT2D eigenvalue weighted by molar-refractivity contribution is 6.24. The van der Waals surface area contributed by atoms with Gasteiger partial charge < -0.3 is 5.11 Å². The Kier molecular flexibility index (Phi) is 4.67. The lowest BCUT2D eigenvalue weighted by atomic mass is 9.79. The molecule has 1 saturated carbocycles. The molecule has 0 spiro atoms. The Morgan fingerprint density at radius 1 is 0.926 bits per heavy atom. The quantitative estimate of drug-likeness (QED) is 0.720. The summed E-state index contributed by atoms with van der Waals surface area (Å²) in [7, 11) is 0. The largest absolute Gasteiger partial charge is 0.511 e. The Bertz CT molecular complexity index is 893. The van der Waals surface area contributed by atoms with Crippen molar-refractivity contribution in [1.29, 1.82) is 0 Å². The monoisotopic (exact) mass is 360 g/mol. The van der Waals surface area contributed by atoms with Crippen LogP contribution in [0.5, 0.6) is 0 Å². The maximum atomic E-state index is 13.1. The van der Waals surface area contributed by atoms with Gasteiger partial charge in [0.2, 0.25) is 0 Å². The maximum Gasteiger partial charge on any atom is 0.169 e. The fourth-order valence-electron chi connectivity index (χ4n) is 4.81. The first-order chi connectivity index (χ1) is 13.0. The van der Waals surface area contributed by atoms with E-state index in [2.05, 4.69) is 57.2 Å². The number of fused-ring (bicyclic) bond motifs is 2. The summed E-state index contributed by atoms with van der Waals surface area (Å²) in [5.41, 5.74) is 7.61. The van der Waals surface area contributed by atoms with Gasteiger partial charge in [-0.05, 0) is 66.8 Å². The highest BCUT2D eigenvalue weighted by Gasteiger charge is 2.42. The van der Waals surface area contributed by atoms with Crippen LogP contribution in [0.1, 0.15) is 55.4 Å². The number of aliphatic hydroxyl groups excluding tert-OH is 1. The third kappa shape index (κ3) is 3.01. The lowest BCUT2D eigenvalue weighted by Gasteiger charge is -2.25. The average Bonchev–Trinajstić information content (AvgIpc) is 3.14. The predicted molar refractivity (Wildman–Crippen MR) is 111 cm³/mol. The molecule has 0 unspecified atom stereocenters. The van der Waals surface area contributed by atoms with E-state index in [1.54, 1.807) is 0 Å². The molecule has 0 aromatic heterocycles. The highest BCUT2D eigenvalue weighted by atomic mass is 16.3. The molecule has 2 aromatic rings. The van der Waals surface area contributed by atoms with Crippen molar-refractivity contribution < 1.29 is 9.90 Å². The van der Waals surface area contributed by atoms with Crippen LogP contribution in [0.15, 0.2) is 42.2 Å². The zero-order valence-corrected chi connectivity index (χ0v) is 16.5. The average molecular weight is 360 g/mol. The fourth-order valence-corrected chi connectivity index (χ4v) is 4.81. The number of aliphatic hydroxyl groups is 1. The van der Waals surface area contributed by atoms with Crippen LogP contribution in [-0.2, 0) is 17.6 Å². The van der Waals surface area contributed by atoms with E-state index in [1.165, 1.54) is 27.8 Å². The van der Waals surface area contributed by atoms with E-state index in [9.17, 15) is 9.90 Å². The summed E-state index contributed by atoms with van der Waals surface area (Å²) in [6.07, 6.45) is 4.39. The molecule has 2 heteroatoms. The summed E-state index contributed by atoms with van der Waals surface area (Å²) in [4.78, 5) is 13.1. The lowest BCUT2D eigenvalue weighted by molar-refractivity contribution is -0.117. The summed E-state index contributed by atoms with van der Waals surface area (Å²) in [5, 5.41) is 10.9. The van der Waals surface area contributed by atoms with Gasteiger partial charge in [0.25, 0.3) is 0 Å². The molecular weight excluding hydrogens is 332 g/mol. The molecule has 1 fully saturated rings. The number of ketones is 1. The van der Waals surface area contributed by atoms with Crippen molar-refractivity contribution in [2.45, 2.75) is 52.9 Å². The number of carbonyl (C=O) groups excluding carboxylic acids is 1. The maximum absolute atomic E-state index is 13.1. The molecule has 2 atom stereocenters. The van der Waals surface area contributed by atoms with E-state index in [1.807, 2.05) is 0 Å². The Labute approximate surface area is 161 Å². The van der Waals surface area contributed by atoms with E-state index in [0.717, 1.165) is 37.7 Å². The summed E-state index contributed by atoms with van der Waals surface area (Å²) < 4.78 is 0. The summed E-state index contributed by atoms with van der Waals surface area (Å²) in [6.45, 7) is 6.37. The van der Waals surface area contributed by atoms with E-state index in [4.69, 9.17) is 0 Å². The van der Waals surface area contributed by atoms with Crippen LogP contribution < -0.4 is 0 Å². The van der Waals surface area contributed by atoms with Crippen LogP contribution in [0.4, 0.5) is 0 Å². The van der Waals surface area contributed by atoms with Crippen molar-refractivity contribution in [3.63, 3.8) is 0 Å². The molecule has 0 heterocycles. The molecule has 2 aromatic carbocycles. The van der Waals surface area contributed by atoms with Crippen molar-refractivity contribution in [2.24, 2.45) is 11.8 Å². The summed E-state index contributed by atoms with van der Waals surface area (Å²) in [6, 6.07) is 13.0. The Morgan fingerprint density at radius 2 is 1.52 bits per heavy atom. The van der Waals surface area contributed by atoms with Gasteiger partial charge in [0.05, 0.1) is 5.57 Å². The predicted octanol–water partition coefficient (Wildman–Crippen LogP) is 6.05. The molecule has 2 bridgehead atoms. The van der Waals surface area contributed by atoms with E-state index in [0.29, 0.717) is 11.3 Å². The Hall–Kier alpha value is -2.35. The van der Waals surface area contributed by atoms with E-state index in [-0.39, 0.29) is 17.6 Å². The van der Waals surface area contributed by atoms with Gasteiger partial charge in [-0.2, -0.15) is 0 Å². The van der Waals surface area contributed by atoms with Gasteiger partial charge in [-0.15, -0.1) is 0 Å². The second kappa shape index (κ2) is 6.99. The normalized spacial score (nSPS) is 21.8. The molecule has 0 radical (unpaired) electrons. The van der Waals surface area contributed by atoms with E-state index >= 15 is 0 Å². The number of rotatable bonds is 4. The molecule has 1 N–H and O–H groups in total. The smallest absolute Gasteiger partial charge is 0.169 e. The molecule has 4 rings (SSSR count). The minimum absolute atomic E-state index is 0.104. The topological polar surface area (TPSA) is 37.3 Å². The highest BCUT2D eigenvalue weighted by Crippen LogP contribution is 2.47. The molecule has 27 heavy (non-hydrogen) atoms. The molecule has 2 aliphatic carbocycles. The minimum atomic E-state index is 0.104. The van der Waals surface area contributed by atoms with Gasteiger partial charge in [-0.25, -0.2) is 0 Å². The Morgan fingerprint density at radius 3 is 2.11 bits per heavy atom. The minimum Gasteiger partial charge on any atom is -0.511 e. The van der Waals surface area contributed by atoms with Crippen LogP contribution in [0.25, 0.3) is 16.7 Å². The van der Waals surface area contributed by atoms with Crippen LogP contribution >= 0.6 is 0 Å². The third-order valence-corrected chi connectivity index (χ3v) is 6.39. The zero-order chi connectivity index (χ0) is 19.1. The first kappa shape index (κ1) is 18.0. The van der Waals surface area contributed by atoms with Gasteiger partial charge in [-0.1, -0.05) is 55.8 Å². The second-order valence-electron chi connectivity index (χ2n) is 8.07. The van der Waals surface area contributed by atoms with Crippen molar-refractivity contribution in [3.05, 3.63) is 64.4 Å². The van der Waals surface area contributed by atoms with Crippen molar-refractivity contribution >= 4 is 11.4 Å². The fraction of sp³-hybridized carbons (Fsp3) is 0.400. The van der Waals surface area contributed by atoms with Crippen molar-refractivity contribution in [3.8, 4) is 11.1 Å². The molecule has 0 saturated heterocycles. The zero-order valence-electron chi connectivity index (χ0n) is 16.5. The molecule has 0 aliphatic heterocycles. The van der Waals surface area contributed by atoms with Crippen LogP contribution in [0.3, 0.4) is 0 Å². The van der Waals surface area contributed by atoms with Gasteiger partial charge >= 0.3 is 0 Å². The van der Waals surface area contributed by atoms with Gasteiger partial charge in [-0.3, -0.25) is 4.79 Å². The number of hydrogen-bond donors (Lipinski definition) is 1. The number of carbonyl (C=O) groups is 1. The van der Waals surface area contributed by atoms with Crippen LogP contribution in [-0.4, -0.2) is 10.9 Å². The number of Topliss-reactive ketones (excluding diaryl/α,β-unsaturated/α-hetero) is 1. The second-order valence-corrected chi connectivity index (χ2v) is 8.07. The molecule has 140 valence electrons. The number of benzene rings is 2. The van der Waals surface area contributed by atoms with Crippen molar-refractivity contribution in [1.82, 2.24) is 0 Å². The first-order valence-corrected chi connectivity index (χ1v) is 10.2. The first-order valence-electron chi connectivity index (χ1n) is 10.2. The van der Waals surface area contributed by atoms with Gasteiger partial charge in [0.1, 0.15) is 5.76 Å². The third-order valence-electron chi connectivity index (χ3n) is 6.39. The van der Waals surface area contributed by atoms with E-state index < -0.39 is 0 Å². The lowest BCUT2D eigenvalue weighted by Crippen LogP contribution is -2.22. The molecular formula is C25H28O2. The standard InChI is InChI=1S/C25H28O2/c1-4-16-12-21(18-8-6-15(3)7-9-18)13-17(5-2)22(16)23-24(26)19-10-11-20(14-19)25(23)27/h6-9,12-13,19-20,26H,4-5,10-11,14H2,1-3H3/t19-,20+/m0/s1. The van der Waals surface area contributed by atoms with Gasteiger partial charge in [0, 0.05) is 11.8 Å². The summed E-state index contributed by atoms with van der Waals surface area (Å²) in [5.74, 6) is 0.788. The summed E-state index contributed by atoms with van der Waals surface area (Å²) >= 11 is 0. The molecule has 2 nitrogen and oxygen atoms in total. The van der Waals surface area contributed by atoms with Crippen LogP contribution in [0, 0.1) is 18.8 Å². The number of aryl methyl sites for hydroxylation is 3. The molecule has 2 aliphatic rings. The Balaban J connectivity index is 1.90. The van der Waals surface area contributed by atoms with Crippen LogP contribution in [0.2, 0.25) is 0 Å². The number of allylic oxidation sites excluding steroid dienone is 2. The number of hydrogen-bond acceptors (Lipinski definition) is 2. The van der Waals surface area contributed by atoms with Crippen molar-refractivity contribution in [2.75, 3.05) is 0 Å². The SMILES string of the molecule is CCc1cc(-c2ccc(C)cc2)cc(CC)c1C1=C(O)[C@H]2CC[C@H](C2)C1=O.